The molecule has 0 spiro atoms. The van der Waals surface area contributed by atoms with Gasteiger partial charge in [-0.2, -0.15) is 0 Å². The molecule has 2 bridgehead atoms. The van der Waals surface area contributed by atoms with Gasteiger partial charge in [-0.25, -0.2) is 0 Å². The first-order valence-electron chi connectivity index (χ1n) is 9.66. The molecule has 2 aliphatic rings. The Morgan fingerprint density at radius 2 is 1.80 bits per heavy atom. The van der Waals surface area contributed by atoms with Crippen LogP contribution in [0.3, 0.4) is 0 Å². The molecule has 0 saturated carbocycles. The molecular formula is C20H30N2O3. The second-order valence-corrected chi connectivity index (χ2v) is 7.04. The van der Waals surface area contributed by atoms with Crippen molar-refractivity contribution in [2.24, 2.45) is 0 Å². The maximum atomic E-state index is 13.0. The van der Waals surface area contributed by atoms with Crippen LogP contribution in [0.1, 0.15) is 56.3 Å². The highest BCUT2D eigenvalue weighted by atomic mass is 16.5. The molecule has 2 aliphatic heterocycles. The van der Waals surface area contributed by atoms with E-state index in [0.29, 0.717) is 36.6 Å². The molecule has 3 rings (SSSR count). The fourth-order valence-electron chi connectivity index (χ4n) is 3.61. The van der Waals surface area contributed by atoms with E-state index in [9.17, 15) is 4.79 Å². The van der Waals surface area contributed by atoms with Gasteiger partial charge in [-0.15, -0.1) is 0 Å². The SMILES string of the molecule is CCCOc1ccc(C(=O)N2CCC3CCC(C2)N3)cc1OCCC. The summed E-state index contributed by atoms with van der Waals surface area (Å²) in [4.78, 5) is 15.0. The van der Waals surface area contributed by atoms with Crippen LogP contribution in [0, 0.1) is 0 Å². The van der Waals surface area contributed by atoms with Crippen LogP contribution in [0.25, 0.3) is 0 Å². The van der Waals surface area contributed by atoms with E-state index < -0.39 is 0 Å². The quantitative estimate of drug-likeness (QED) is 0.823. The van der Waals surface area contributed by atoms with Gasteiger partial charge in [0.25, 0.3) is 5.91 Å². The second-order valence-electron chi connectivity index (χ2n) is 7.04. The lowest BCUT2D eigenvalue weighted by molar-refractivity contribution is 0.0747. The largest absolute Gasteiger partial charge is 0.490 e. The highest BCUT2D eigenvalue weighted by Gasteiger charge is 2.31. The van der Waals surface area contributed by atoms with Gasteiger partial charge in [0.2, 0.25) is 0 Å². The molecule has 25 heavy (non-hydrogen) atoms. The highest BCUT2D eigenvalue weighted by molar-refractivity contribution is 5.95. The minimum absolute atomic E-state index is 0.0951. The minimum atomic E-state index is 0.0951. The summed E-state index contributed by atoms with van der Waals surface area (Å²) in [5.41, 5.74) is 0.688. The number of carbonyl (C=O) groups excluding carboxylic acids is 1. The van der Waals surface area contributed by atoms with Crippen molar-refractivity contribution in [2.75, 3.05) is 26.3 Å². The first kappa shape index (κ1) is 18.1. The zero-order valence-electron chi connectivity index (χ0n) is 15.4. The summed E-state index contributed by atoms with van der Waals surface area (Å²) in [7, 11) is 0. The Hall–Kier alpha value is -1.75. The molecule has 0 radical (unpaired) electrons. The zero-order chi connectivity index (χ0) is 17.6. The first-order chi connectivity index (χ1) is 12.2. The molecule has 138 valence electrons. The van der Waals surface area contributed by atoms with Gasteiger partial charge in [0.1, 0.15) is 0 Å². The number of hydrogen-bond acceptors (Lipinski definition) is 4. The Morgan fingerprint density at radius 1 is 1.08 bits per heavy atom. The van der Waals surface area contributed by atoms with Crippen LogP contribution >= 0.6 is 0 Å². The third-order valence-corrected chi connectivity index (χ3v) is 4.92. The van der Waals surface area contributed by atoms with Gasteiger partial charge in [0.15, 0.2) is 11.5 Å². The summed E-state index contributed by atoms with van der Waals surface area (Å²) < 4.78 is 11.6. The van der Waals surface area contributed by atoms with Crippen LogP contribution in [-0.4, -0.2) is 49.2 Å². The Bertz CT molecular complexity index is 590. The zero-order valence-corrected chi connectivity index (χ0v) is 15.4. The van der Waals surface area contributed by atoms with Gasteiger partial charge in [-0.1, -0.05) is 13.8 Å². The van der Waals surface area contributed by atoms with E-state index in [1.807, 2.05) is 23.1 Å². The molecule has 5 heteroatoms. The lowest BCUT2D eigenvalue weighted by atomic mass is 10.1. The van der Waals surface area contributed by atoms with Crippen molar-refractivity contribution < 1.29 is 14.3 Å². The molecular weight excluding hydrogens is 316 g/mol. The van der Waals surface area contributed by atoms with Crippen molar-refractivity contribution in [1.29, 1.82) is 0 Å². The number of amides is 1. The van der Waals surface area contributed by atoms with E-state index in [4.69, 9.17) is 9.47 Å². The van der Waals surface area contributed by atoms with Crippen LogP contribution in [0.2, 0.25) is 0 Å². The monoisotopic (exact) mass is 346 g/mol. The number of carbonyl (C=O) groups is 1. The van der Waals surface area contributed by atoms with Crippen LogP contribution in [-0.2, 0) is 0 Å². The van der Waals surface area contributed by atoms with E-state index >= 15 is 0 Å². The Labute approximate surface area is 150 Å². The van der Waals surface area contributed by atoms with E-state index in [1.54, 1.807) is 0 Å². The average molecular weight is 346 g/mol. The van der Waals surface area contributed by atoms with Crippen LogP contribution in [0.5, 0.6) is 11.5 Å². The number of ether oxygens (including phenoxy) is 2. The number of fused-ring (bicyclic) bond motifs is 2. The van der Waals surface area contributed by atoms with Crippen molar-refractivity contribution in [3.05, 3.63) is 23.8 Å². The van der Waals surface area contributed by atoms with Gasteiger partial charge in [-0.3, -0.25) is 4.79 Å². The number of hydrogen-bond donors (Lipinski definition) is 1. The second kappa shape index (κ2) is 8.56. The topological polar surface area (TPSA) is 50.8 Å². The smallest absolute Gasteiger partial charge is 0.254 e. The number of rotatable bonds is 7. The van der Waals surface area contributed by atoms with Crippen LogP contribution in [0.15, 0.2) is 18.2 Å². The average Bonchev–Trinajstić information content (AvgIpc) is 2.96. The van der Waals surface area contributed by atoms with Gasteiger partial charge in [0.05, 0.1) is 13.2 Å². The number of benzene rings is 1. The summed E-state index contributed by atoms with van der Waals surface area (Å²) in [5, 5.41) is 3.62. The normalized spacial score (nSPS) is 22.6. The molecule has 5 nitrogen and oxygen atoms in total. The van der Waals surface area contributed by atoms with E-state index in [2.05, 4.69) is 19.2 Å². The lowest BCUT2D eigenvalue weighted by Crippen LogP contribution is -2.39. The van der Waals surface area contributed by atoms with Crippen molar-refractivity contribution in [3.63, 3.8) is 0 Å². The van der Waals surface area contributed by atoms with E-state index in [1.165, 1.54) is 12.8 Å². The molecule has 1 amide bonds. The molecule has 2 atom stereocenters. The summed E-state index contributed by atoms with van der Waals surface area (Å²) in [6, 6.07) is 6.61. The minimum Gasteiger partial charge on any atom is -0.490 e. The molecule has 2 saturated heterocycles. The maximum Gasteiger partial charge on any atom is 0.254 e. The highest BCUT2D eigenvalue weighted by Crippen LogP contribution is 2.30. The van der Waals surface area contributed by atoms with E-state index in [-0.39, 0.29) is 5.91 Å². The third-order valence-electron chi connectivity index (χ3n) is 4.92. The summed E-state index contributed by atoms with van der Waals surface area (Å²) >= 11 is 0. The number of nitrogens with zero attached hydrogens (tertiary/aromatic N) is 1. The summed E-state index contributed by atoms with van der Waals surface area (Å²) in [6.07, 6.45) is 5.32. The molecule has 2 unspecified atom stereocenters. The van der Waals surface area contributed by atoms with Gasteiger partial charge >= 0.3 is 0 Å². The predicted octanol–water partition coefficient (Wildman–Crippen LogP) is 3.23. The fourth-order valence-corrected chi connectivity index (χ4v) is 3.61. The molecule has 2 heterocycles. The van der Waals surface area contributed by atoms with Crippen LogP contribution < -0.4 is 14.8 Å². The summed E-state index contributed by atoms with van der Waals surface area (Å²) in [6.45, 7) is 7.04. The van der Waals surface area contributed by atoms with Crippen molar-refractivity contribution in [2.45, 2.75) is 58.0 Å². The standard InChI is InChI=1S/C20H30N2O3/c1-3-11-24-18-8-5-15(13-19(18)25-12-4-2)20(23)22-10-9-16-6-7-17(14-22)21-16/h5,8,13,16-17,21H,3-4,6-7,9-12,14H2,1-2H3. The molecule has 2 fully saturated rings. The molecule has 0 aliphatic carbocycles. The Balaban J connectivity index is 1.74. The van der Waals surface area contributed by atoms with Crippen molar-refractivity contribution in [1.82, 2.24) is 10.2 Å². The first-order valence-corrected chi connectivity index (χ1v) is 9.66. The Morgan fingerprint density at radius 3 is 2.56 bits per heavy atom. The Kier molecular flexibility index (Phi) is 6.19. The van der Waals surface area contributed by atoms with Gasteiger partial charge < -0.3 is 19.7 Å². The number of nitrogens with one attached hydrogen (secondary N) is 1. The van der Waals surface area contributed by atoms with Crippen LogP contribution in [0.4, 0.5) is 0 Å². The van der Waals surface area contributed by atoms with E-state index in [0.717, 1.165) is 38.1 Å². The van der Waals surface area contributed by atoms with Gasteiger partial charge in [-0.05, 0) is 50.3 Å². The van der Waals surface area contributed by atoms with Crippen molar-refractivity contribution >= 4 is 5.91 Å². The molecule has 1 aromatic rings. The van der Waals surface area contributed by atoms with Crippen molar-refractivity contribution in [3.8, 4) is 11.5 Å². The fraction of sp³-hybridized carbons (Fsp3) is 0.650. The molecule has 1 N–H and O–H groups in total. The third kappa shape index (κ3) is 4.46. The summed E-state index contributed by atoms with van der Waals surface area (Å²) in [5.74, 6) is 1.50. The number of likely N-dealkylation sites (tertiary alicyclic amines) is 1. The molecule has 1 aromatic carbocycles. The lowest BCUT2D eigenvalue weighted by Gasteiger charge is -2.24. The maximum absolute atomic E-state index is 13.0. The van der Waals surface area contributed by atoms with Gasteiger partial charge in [0, 0.05) is 30.7 Å². The predicted molar refractivity (Wildman–Crippen MR) is 98.5 cm³/mol. The molecule has 0 aromatic heterocycles.